The highest BCUT2D eigenvalue weighted by Crippen LogP contribution is 2.32. The molecule has 1 unspecified atom stereocenters. The van der Waals surface area contributed by atoms with Crippen molar-refractivity contribution in [2.24, 2.45) is 0 Å². The number of nitrogens with zero attached hydrogens (tertiary/aromatic N) is 3. The van der Waals surface area contributed by atoms with Crippen LogP contribution in [0.1, 0.15) is 56.2 Å². The van der Waals surface area contributed by atoms with E-state index in [1.807, 2.05) is 60.1 Å². The first kappa shape index (κ1) is 21.7. The number of aromatic amines is 1. The van der Waals surface area contributed by atoms with Gasteiger partial charge in [0.1, 0.15) is 5.69 Å². The first-order chi connectivity index (χ1) is 16.5. The molecule has 3 heterocycles. The second-order valence-electron chi connectivity index (χ2n) is 8.85. The summed E-state index contributed by atoms with van der Waals surface area (Å²) in [5.41, 5.74) is 5.61. The van der Waals surface area contributed by atoms with Crippen molar-refractivity contribution >= 4 is 17.5 Å². The fourth-order valence-electron chi connectivity index (χ4n) is 4.65. The third-order valence-corrected chi connectivity index (χ3v) is 6.19. The molecule has 0 saturated heterocycles. The molecular formula is C27H27N5O2. The summed E-state index contributed by atoms with van der Waals surface area (Å²) in [7, 11) is 0. The van der Waals surface area contributed by atoms with Crippen molar-refractivity contribution in [3.8, 4) is 0 Å². The van der Waals surface area contributed by atoms with Gasteiger partial charge in [-0.1, -0.05) is 49.4 Å². The van der Waals surface area contributed by atoms with E-state index < -0.39 is 0 Å². The number of carbonyl (C=O) groups is 2. The summed E-state index contributed by atoms with van der Waals surface area (Å²) in [5, 5.41) is 7.76. The van der Waals surface area contributed by atoms with Gasteiger partial charge in [-0.3, -0.25) is 14.3 Å². The predicted octanol–water partition coefficient (Wildman–Crippen LogP) is 4.58. The molecule has 34 heavy (non-hydrogen) atoms. The van der Waals surface area contributed by atoms with Crippen molar-refractivity contribution < 1.29 is 9.59 Å². The number of aromatic nitrogens is 3. The highest BCUT2D eigenvalue weighted by atomic mass is 16.2. The molecule has 0 bridgehead atoms. The number of hydrogen-bond donors (Lipinski definition) is 2. The Labute approximate surface area is 198 Å². The zero-order valence-corrected chi connectivity index (χ0v) is 19.3. The Bertz CT molecular complexity index is 1320. The third kappa shape index (κ3) is 4.24. The van der Waals surface area contributed by atoms with E-state index in [0.717, 1.165) is 28.1 Å². The van der Waals surface area contributed by atoms with Crippen LogP contribution in [0.3, 0.4) is 0 Å². The first-order valence-corrected chi connectivity index (χ1v) is 11.4. The van der Waals surface area contributed by atoms with Gasteiger partial charge < -0.3 is 15.2 Å². The fourth-order valence-corrected chi connectivity index (χ4v) is 4.65. The van der Waals surface area contributed by atoms with Crippen molar-refractivity contribution in [1.29, 1.82) is 0 Å². The van der Waals surface area contributed by atoms with E-state index in [-0.39, 0.29) is 17.7 Å². The van der Waals surface area contributed by atoms with Crippen molar-refractivity contribution in [1.82, 2.24) is 19.7 Å². The number of nitrogens with one attached hydrogen (secondary N) is 2. The molecule has 4 aromatic rings. The Balaban J connectivity index is 1.52. The minimum atomic E-state index is -0.268. The summed E-state index contributed by atoms with van der Waals surface area (Å²) in [4.78, 5) is 31.3. The van der Waals surface area contributed by atoms with E-state index in [0.29, 0.717) is 31.0 Å². The molecule has 172 valence electrons. The monoisotopic (exact) mass is 453 g/mol. The van der Waals surface area contributed by atoms with Gasteiger partial charge in [-0.05, 0) is 42.3 Å². The van der Waals surface area contributed by atoms with Gasteiger partial charge in [0, 0.05) is 35.6 Å². The van der Waals surface area contributed by atoms with E-state index in [1.54, 1.807) is 17.2 Å². The van der Waals surface area contributed by atoms with E-state index in [4.69, 9.17) is 5.10 Å². The number of carbonyl (C=O) groups excluding carboxylic acids is 2. The summed E-state index contributed by atoms with van der Waals surface area (Å²) in [6, 6.07) is 21.3. The van der Waals surface area contributed by atoms with Gasteiger partial charge in [0.25, 0.3) is 11.8 Å². The van der Waals surface area contributed by atoms with Crippen molar-refractivity contribution in [3.05, 3.63) is 107 Å². The predicted molar refractivity (Wildman–Crippen MR) is 131 cm³/mol. The molecule has 1 aliphatic heterocycles. The van der Waals surface area contributed by atoms with Gasteiger partial charge in [0.05, 0.1) is 13.1 Å². The molecule has 0 aliphatic carbocycles. The number of amides is 2. The maximum Gasteiger partial charge on any atom is 0.276 e. The van der Waals surface area contributed by atoms with Crippen LogP contribution in [-0.4, -0.2) is 38.0 Å². The smallest absolute Gasteiger partial charge is 0.276 e. The molecule has 7 heteroatoms. The van der Waals surface area contributed by atoms with Crippen LogP contribution in [0.25, 0.3) is 0 Å². The molecular weight excluding hydrogens is 426 g/mol. The second-order valence-corrected chi connectivity index (χ2v) is 8.85. The normalized spacial score (nSPS) is 15.1. The molecule has 1 aliphatic rings. The Kier molecular flexibility index (Phi) is 5.76. The van der Waals surface area contributed by atoms with Crippen LogP contribution in [0.4, 0.5) is 5.69 Å². The standard InChI is InChI=1S/C27H27N5O2/c1-18-8-6-11-21(14-18)29-26(33)24-22-17-31(27(34)23-12-7-13-28-23)15-19(2)25(22)32(30-24)16-20-9-4-3-5-10-20/h3-14,19,28H,15-17H2,1-2H3,(H,29,33). The molecule has 2 amide bonds. The van der Waals surface area contributed by atoms with Crippen LogP contribution in [0.5, 0.6) is 0 Å². The first-order valence-electron chi connectivity index (χ1n) is 11.4. The number of fused-ring (bicyclic) bond motifs is 1. The molecule has 0 saturated carbocycles. The quantitative estimate of drug-likeness (QED) is 0.464. The lowest BCUT2D eigenvalue weighted by Gasteiger charge is -2.32. The lowest BCUT2D eigenvalue weighted by Crippen LogP contribution is -2.38. The number of hydrogen-bond acceptors (Lipinski definition) is 3. The summed E-state index contributed by atoms with van der Waals surface area (Å²) in [5.74, 6) is -0.321. The molecule has 1 atom stereocenters. The lowest BCUT2D eigenvalue weighted by molar-refractivity contribution is 0.0711. The number of H-pyrrole nitrogens is 1. The third-order valence-electron chi connectivity index (χ3n) is 6.19. The van der Waals surface area contributed by atoms with Crippen molar-refractivity contribution in [3.63, 3.8) is 0 Å². The van der Waals surface area contributed by atoms with E-state index in [2.05, 4.69) is 29.4 Å². The molecule has 0 radical (unpaired) electrons. The Morgan fingerprint density at radius 1 is 1.09 bits per heavy atom. The SMILES string of the molecule is Cc1cccc(NC(=O)c2nn(Cc3ccccc3)c3c2CN(C(=O)c2ccc[nH]2)CC3C)c1. The summed E-state index contributed by atoms with van der Waals surface area (Å²) < 4.78 is 1.93. The van der Waals surface area contributed by atoms with E-state index in [1.165, 1.54) is 0 Å². The van der Waals surface area contributed by atoms with Crippen LogP contribution >= 0.6 is 0 Å². The summed E-state index contributed by atoms with van der Waals surface area (Å²) in [6.45, 7) is 5.53. The topological polar surface area (TPSA) is 83.0 Å². The summed E-state index contributed by atoms with van der Waals surface area (Å²) >= 11 is 0. The lowest BCUT2D eigenvalue weighted by atomic mass is 9.95. The zero-order chi connectivity index (χ0) is 23.7. The van der Waals surface area contributed by atoms with Gasteiger partial charge in [0.2, 0.25) is 0 Å². The Hall–Kier alpha value is -4.13. The van der Waals surface area contributed by atoms with E-state index >= 15 is 0 Å². The van der Waals surface area contributed by atoms with Crippen molar-refractivity contribution in [2.75, 3.05) is 11.9 Å². The van der Waals surface area contributed by atoms with Gasteiger partial charge in [-0.15, -0.1) is 0 Å². The van der Waals surface area contributed by atoms with Crippen LogP contribution in [0.2, 0.25) is 0 Å². The molecule has 2 aromatic carbocycles. The van der Waals surface area contributed by atoms with Gasteiger partial charge >= 0.3 is 0 Å². The largest absolute Gasteiger partial charge is 0.357 e. The molecule has 0 fully saturated rings. The highest BCUT2D eigenvalue weighted by molar-refractivity contribution is 6.04. The van der Waals surface area contributed by atoms with E-state index in [9.17, 15) is 9.59 Å². The molecule has 2 N–H and O–H groups in total. The van der Waals surface area contributed by atoms with Crippen molar-refractivity contribution in [2.45, 2.75) is 32.9 Å². The maximum atomic E-state index is 13.4. The fraction of sp³-hybridized carbons (Fsp3) is 0.222. The molecule has 7 nitrogen and oxygen atoms in total. The molecule has 5 rings (SSSR count). The minimum absolute atomic E-state index is 0.0272. The average molecular weight is 454 g/mol. The number of anilines is 1. The van der Waals surface area contributed by atoms with Crippen LogP contribution < -0.4 is 5.32 Å². The van der Waals surface area contributed by atoms with Crippen LogP contribution in [0, 0.1) is 6.92 Å². The van der Waals surface area contributed by atoms with Gasteiger partial charge in [-0.25, -0.2) is 0 Å². The van der Waals surface area contributed by atoms with Gasteiger partial charge in [0.15, 0.2) is 5.69 Å². The van der Waals surface area contributed by atoms with Gasteiger partial charge in [-0.2, -0.15) is 5.10 Å². The molecule has 0 spiro atoms. The Morgan fingerprint density at radius 3 is 2.65 bits per heavy atom. The number of aryl methyl sites for hydroxylation is 1. The average Bonchev–Trinajstić information content (AvgIpc) is 3.48. The zero-order valence-electron chi connectivity index (χ0n) is 19.3. The highest BCUT2D eigenvalue weighted by Gasteiger charge is 2.34. The molecule has 2 aromatic heterocycles. The minimum Gasteiger partial charge on any atom is -0.357 e. The second kappa shape index (κ2) is 9.02. The maximum absolute atomic E-state index is 13.4. The number of benzene rings is 2. The van der Waals surface area contributed by atoms with Crippen LogP contribution in [0.15, 0.2) is 72.9 Å². The number of rotatable bonds is 5. The van der Waals surface area contributed by atoms with Crippen LogP contribution in [-0.2, 0) is 13.1 Å². The Morgan fingerprint density at radius 2 is 1.91 bits per heavy atom. The summed E-state index contributed by atoms with van der Waals surface area (Å²) in [6.07, 6.45) is 1.74.